The van der Waals surface area contributed by atoms with Gasteiger partial charge < -0.3 is 14.8 Å². The molecule has 0 aliphatic heterocycles. The summed E-state index contributed by atoms with van der Waals surface area (Å²) in [4.78, 5) is 12.2. The Hall–Kier alpha value is -2.49. The second-order valence-electron chi connectivity index (χ2n) is 5.70. The number of benzene rings is 2. The van der Waals surface area contributed by atoms with Gasteiger partial charge in [0.2, 0.25) is 0 Å². The highest BCUT2D eigenvalue weighted by molar-refractivity contribution is 5.94. The summed E-state index contributed by atoms with van der Waals surface area (Å²) in [7, 11) is 1.61. The molecule has 122 valence electrons. The van der Waals surface area contributed by atoms with Crippen LogP contribution >= 0.6 is 0 Å². The number of ether oxygens (including phenoxy) is 2. The van der Waals surface area contributed by atoms with Gasteiger partial charge in [-0.15, -0.1) is 0 Å². The van der Waals surface area contributed by atoms with E-state index in [1.54, 1.807) is 38.3 Å². The molecule has 1 unspecified atom stereocenters. The van der Waals surface area contributed by atoms with Crippen molar-refractivity contribution in [2.24, 2.45) is 0 Å². The maximum atomic E-state index is 12.2. The lowest BCUT2D eigenvalue weighted by Crippen LogP contribution is -2.30. The van der Waals surface area contributed by atoms with E-state index in [1.807, 2.05) is 24.3 Å². The van der Waals surface area contributed by atoms with Crippen LogP contribution in [-0.2, 0) is 4.79 Å². The van der Waals surface area contributed by atoms with Gasteiger partial charge >= 0.3 is 0 Å². The number of carbonyl (C=O) groups excluding carboxylic acids is 1. The summed E-state index contributed by atoms with van der Waals surface area (Å²) in [5, 5.41) is 2.86. The topological polar surface area (TPSA) is 47.6 Å². The van der Waals surface area contributed by atoms with Crippen molar-refractivity contribution in [3.8, 4) is 11.5 Å². The summed E-state index contributed by atoms with van der Waals surface area (Å²) in [6, 6.07) is 15.0. The van der Waals surface area contributed by atoms with Gasteiger partial charge in [0.25, 0.3) is 5.91 Å². The molecule has 0 saturated heterocycles. The van der Waals surface area contributed by atoms with E-state index >= 15 is 0 Å². The minimum absolute atomic E-state index is 0.182. The highest BCUT2D eigenvalue weighted by Crippen LogP contribution is 2.20. The molecule has 2 aromatic rings. The Morgan fingerprint density at radius 1 is 0.913 bits per heavy atom. The van der Waals surface area contributed by atoms with Gasteiger partial charge in [-0.05, 0) is 54.8 Å². The summed E-state index contributed by atoms with van der Waals surface area (Å²) in [5.41, 5.74) is 2.01. The molecule has 0 radical (unpaired) electrons. The van der Waals surface area contributed by atoms with E-state index in [0.717, 1.165) is 11.4 Å². The zero-order valence-corrected chi connectivity index (χ0v) is 14.0. The highest BCUT2D eigenvalue weighted by atomic mass is 16.5. The molecule has 0 aliphatic rings. The average molecular weight is 313 g/mol. The Labute approximate surface area is 137 Å². The first-order valence-electron chi connectivity index (χ1n) is 7.71. The van der Waals surface area contributed by atoms with E-state index in [9.17, 15) is 4.79 Å². The molecule has 1 amide bonds. The second kappa shape index (κ2) is 7.68. The summed E-state index contributed by atoms with van der Waals surface area (Å²) in [6.07, 6.45) is -0.590. The van der Waals surface area contributed by atoms with Crippen LogP contribution < -0.4 is 14.8 Å². The molecule has 0 saturated carbocycles. The van der Waals surface area contributed by atoms with Gasteiger partial charge in [-0.25, -0.2) is 0 Å². The molecular formula is C19H23NO3. The first kappa shape index (κ1) is 16.9. The number of amides is 1. The third kappa shape index (κ3) is 4.74. The molecule has 2 aromatic carbocycles. The third-order valence-corrected chi connectivity index (χ3v) is 3.59. The minimum Gasteiger partial charge on any atom is -0.497 e. The Bertz CT molecular complexity index is 633. The van der Waals surface area contributed by atoms with Gasteiger partial charge in [0, 0.05) is 5.69 Å². The SMILES string of the molecule is COc1ccc(OC(C)C(=O)Nc2ccc(C(C)C)cc2)cc1. The molecule has 0 aromatic heterocycles. The molecule has 0 aliphatic carbocycles. The maximum absolute atomic E-state index is 12.2. The van der Waals surface area contributed by atoms with Crippen molar-refractivity contribution in [2.75, 3.05) is 12.4 Å². The quantitative estimate of drug-likeness (QED) is 0.868. The third-order valence-electron chi connectivity index (χ3n) is 3.59. The number of hydrogen-bond donors (Lipinski definition) is 1. The lowest BCUT2D eigenvalue weighted by molar-refractivity contribution is -0.122. The monoisotopic (exact) mass is 313 g/mol. The van der Waals surface area contributed by atoms with E-state index in [-0.39, 0.29) is 5.91 Å². The zero-order valence-electron chi connectivity index (χ0n) is 14.0. The summed E-state index contributed by atoms with van der Waals surface area (Å²) < 4.78 is 10.7. The van der Waals surface area contributed by atoms with Crippen molar-refractivity contribution in [3.63, 3.8) is 0 Å². The lowest BCUT2D eigenvalue weighted by Gasteiger charge is -2.15. The molecule has 2 rings (SSSR count). The average Bonchev–Trinajstić information content (AvgIpc) is 2.56. The van der Waals surface area contributed by atoms with Crippen LogP contribution in [-0.4, -0.2) is 19.1 Å². The van der Waals surface area contributed by atoms with Crippen molar-refractivity contribution >= 4 is 11.6 Å². The van der Waals surface area contributed by atoms with Crippen LogP contribution in [0.15, 0.2) is 48.5 Å². The van der Waals surface area contributed by atoms with Crippen LogP contribution in [0.2, 0.25) is 0 Å². The van der Waals surface area contributed by atoms with Crippen LogP contribution in [0.5, 0.6) is 11.5 Å². The highest BCUT2D eigenvalue weighted by Gasteiger charge is 2.15. The van der Waals surface area contributed by atoms with Gasteiger partial charge in [0.05, 0.1) is 7.11 Å². The second-order valence-corrected chi connectivity index (χ2v) is 5.70. The standard InChI is InChI=1S/C19H23NO3/c1-13(2)15-5-7-16(8-6-15)20-19(21)14(3)23-18-11-9-17(22-4)10-12-18/h5-14H,1-4H3,(H,20,21). The van der Waals surface area contributed by atoms with Gasteiger partial charge in [-0.3, -0.25) is 4.79 Å². The summed E-state index contributed by atoms with van der Waals surface area (Å²) in [5.74, 6) is 1.67. The predicted molar refractivity (Wildman–Crippen MR) is 92.2 cm³/mol. The van der Waals surface area contributed by atoms with E-state index in [0.29, 0.717) is 11.7 Å². The fourth-order valence-electron chi connectivity index (χ4n) is 2.11. The Balaban J connectivity index is 1.93. The molecule has 23 heavy (non-hydrogen) atoms. The van der Waals surface area contributed by atoms with E-state index in [4.69, 9.17) is 9.47 Å². The summed E-state index contributed by atoms with van der Waals surface area (Å²) >= 11 is 0. The molecule has 4 heteroatoms. The van der Waals surface area contributed by atoms with Crippen LogP contribution in [0.4, 0.5) is 5.69 Å². The van der Waals surface area contributed by atoms with Crippen molar-refractivity contribution in [1.82, 2.24) is 0 Å². The van der Waals surface area contributed by atoms with Gasteiger partial charge in [-0.2, -0.15) is 0 Å². The smallest absolute Gasteiger partial charge is 0.265 e. The molecule has 0 fully saturated rings. The number of carbonyl (C=O) groups is 1. The Morgan fingerprint density at radius 2 is 1.48 bits per heavy atom. The van der Waals surface area contributed by atoms with Crippen molar-refractivity contribution in [2.45, 2.75) is 32.8 Å². The predicted octanol–water partition coefficient (Wildman–Crippen LogP) is 4.22. The fourth-order valence-corrected chi connectivity index (χ4v) is 2.11. The lowest BCUT2D eigenvalue weighted by atomic mass is 10.0. The van der Waals surface area contributed by atoms with Crippen LogP contribution in [0.1, 0.15) is 32.3 Å². The normalized spacial score (nSPS) is 11.9. The molecule has 1 atom stereocenters. The van der Waals surface area contributed by atoms with Crippen LogP contribution in [0.3, 0.4) is 0 Å². The number of methoxy groups -OCH3 is 1. The van der Waals surface area contributed by atoms with E-state index in [2.05, 4.69) is 19.2 Å². The largest absolute Gasteiger partial charge is 0.497 e. The molecule has 0 bridgehead atoms. The Kier molecular flexibility index (Phi) is 5.63. The van der Waals surface area contributed by atoms with Gasteiger partial charge in [0.15, 0.2) is 6.10 Å². The number of anilines is 1. The van der Waals surface area contributed by atoms with Crippen molar-refractivity contribution in [1.29, 1.82) is 0 Å². The molecule has 4 nitrogen and oxygen atoms in total. The zero-order chi connectivity index (χ0) is 16.8. The molecular weight excluding hydrogens is 290 g/mol. The number of nitrogens with one attached hydrogen (secondary N) is 1. The van der Waals surface area contributed by atoms with E-state index < -0.39 is 6.10 Å². The fraction of sp³-hybridized carbons (Fsp3) is 0.316. The van der Waals surface area contributed by atoms with Gasteiger partial charge in [0.1, 0.15) is 11.5 Å². The maximum Gasteiger partial charge on any atom is 0.265 e. The van der Waals surface area contributed by atoms with Crippen molar-refractivity contribution < 1.29 is 14.3 Å². The molecule has 0 heterocycles. The summed E-state index contributed by atoms with van der Waals surface area (Å²) in [6.45, 7) is 6.00. The Morgan fingerprint density at radius 3 is 2.00 bits per heavy atom. The number of hydrogen-bond acceptors (Lipinski definition) is 3. The number of rotatable bonds is 6. The molecule has 0 spiro atoms. The van der Waals surface area contributed by atoms with Crippen molar-refractivity contribution in [3.05, 3.63) is 54.1 Å². The van der Waals surface area contributed by atoms with E-state index in [1.165, 1.54) is 5.56 Å². The van der Waals surface area contributed by atoms with Gasteiger partial charge in [-0.1, -0.05) is 26.0 Å². The first-order valence-corrected chi connectivity index (χ1v) is 7.71. The van der Waals surface area contributed by atoms with Crippen LogP contribution in [0.25, 0.3) is 0 Å². The first-order chi connectivity index (χ1) is 11.0. The minimum atomic E-state index is -0.590. The molecule has 1 N–H and O–H groups in total. The van der Waals surface area contributed by atoms with Crippen LogP contribution in [0, 0.1) is 0 Å².